The summed E-state index contributed by atoms with van der Waals surface area (Å²) in [6.07, 6.45) is -0.0459. The third-order valence-electron chi connectivity index (χ3n) is 7.52. The van der Waals surface area contributed by atoms with Gasteiger partial charge in [0.1, 0.15) is 0 Å². The highest BCUT2D eigenvalue weighted by atomic mass is 19.3. The molecule has 9 heteroatoms. The quantitative estimate of drug-likeness (QED) is 0.470. The number of halogens is 2. The van der Waals surface area contributed by atoms with E-state index in [1.165, 1.54) is 12.1 Å². The molecule has 2 saturated heterocycles. The molecule has 36 heavy (non-hydrogen) atoms. The third-order valence-corrected chi connectivity index (χ3v) is 7.52. The van der Waals surface area contributed by atoms with Crippen LogP contribution in [0.1, 0.15) is 61.2 Å². The van der Waals surface area contributed by atoms with Gasteiger partial charge in [0.15, 0.2) is 5.82 Å². The molecule has 2 bridgehead atoms. The molecule has 2 unspecified atom stereocenters. The first-order chi connectivity index (χ1) is 17.3. The molecule has 0 spiro atoms. The average Bonchev–Trinajstić information content (AvgIpc) is 3.64. The van der Waals surface area contributed by atoms with Crippen molar-refractivity contribution in [2.75, 3.05) is 23.4 Å². The van der Waals surface area contributed by atoms with Crippen molar-refractivity contribution < 1.29 is 18.3 Å². The average molecular weight is 496 g/mol. The lowest BCUT2D eigenvalue weighted by atomic mass is 10.0. The lowest BCUT2D eigenvalue weighted by Gasteiger charge is -2.37. The second-order valence-electron chi connectivity index (χ2n) is 10.3. The van der Waals surface area contributed by atoms with Gasteiger partial charge in [-0.3, -0.25) is 0 Å². The van der Waals surface area contributed by atoms with Gasteiger partial charge in [0.25, 0.3) is 0 Å². The van der Waals surface area contributed by atoms with E-state index in [0.717, 1.165) is 54.0 Å². The van der Waals surface area contributed by atoms with Gasteiger partial charge in [0.05, 0.1) is 65.6 Å². The highest BCUT2D eigenvalue weighted by Crippen LogP contribution is 2.40. The van der Waals surface area contributed by atoms with Crippen LogP contribution < -0.4 is 10.2 Å². The van der Waals surface area contributed by atoms with E-state index in [4.69, 9.17) is 14.5 Å². The van der Waals surface area contributed by atoms with Crippen LogP contribution in [0.25, 0.3) is 10.9 Å². The number of hydrogen-bond acceptors (Lipinski definition) is 7. The van der Waals surface area contributed by atoms with Gasteiger partial charge in [-0.2, -0.15) is 13.9 Å². The standard InChI is InChI=1S/C27H31F2N5O2/c1-15(18-5-4-6-19(11-18)27(28,29)36-22-9-10-22)31-26-23-12-24(16(2)30-25(23)17(3)32-33-26)34-20-7-8-21(34)14-35-13-20/h4-6,11-12,15,20-22H,7-10,13-14H2,1-3H3,(H,31,33)/t15-,20?,21?/m1/s1. The Balaban J connectivity index is 1.32. The van der Waals surface area contributed by atoms with Crippen LogP contribution in [0, 0.1) is 13.8 Å². The molecule has 0 amide bonds. The maximum Gasteiger partial charge on any atom is 0.383 e. The first kappa shape index (κ1) is 23.5. The number of aromatic nitrogens is 3. The number of hydrogen-bond donors (Lipinski definition) is 1. The Kier molecular flexibility index (Phi) is 5.80. The molecule has 6 rings (SSSR count). The molecule has 2 aromatic heterocycles. The van der Waals surface area contributed by atoms with E-state index in [9.17, 15) is 8.78 Å². The van der Waals surface area contributed by atoms with E-state index < -0.39 is 6.11 Å². The monoisotopic (exact) mass is 495 g/mol. The van der Waals surface area contributed by atoms with Crippen molar-refractivity contribution in [3.05, 3.63) is 52.8 Å². The van der Waals surface area contributed by atoms with E-state index in [1.807, 2.05) is 26.8 Å². The minimum atomic E-state index is -3.30. The van der Waals surface area contributed by atoms with Gasteiger partial charge in [-0.25, -0.2) is 4.98 Å². The SMILES string of the molecule is Cc1nc2c(C)nnc(N[C@H](C)c3cccc(C(F)(F)OC4CC4)c3)c2cc1N1C2CCC1COC2. The number of aryl methyl sites for hydroxylation is 2. The highest BCUT2D eigenvalue weighted by molar-refractivity contribution is 5.93. The second-order valence-corrected chi connectivity index (χ2v) is 10.3. The summed E-state index contributed by atoms with van der Waals surface area (Å²) >= 11 is 0. The highest BCUT2D eigenvalue weighted by Gasteiger charge is 2.40. The summed E-state index contributed by atoms with van der Waals surface area (Å²) in [7, 11) is 0. The molecule has 2 aliphatic heterocycles. The molecule has 7 nitrogen and oxygen atoms in total. The molecule has 4 heterocycles. The second kappa shape index (κ2) is 8.88. The number of pyridine rings is 1. The Morgan fingerprint density at radius 2 is 1.81 bits per heavy atom. The fourth-order valence-corrected chi connectivity index (χ4v) is 5.41. The first-order valence-corrected chi connectivity index (χ1v) is 12.7. The van der Waals surface area contributed by atoms with Crippen molar-refractivity contribution in [3.63, 3.8) is 0 Å². The lowest BCUT2D eigenvalue weighted by Crippen LogP contribution is -2.46. The Morgan fingerprint density at radius 3 is 2.53 bits per heavy atom. The Morgan fingerprint density at radius 1 is 1.06 bits per heavy atom. The molecular weight excluding hydrogens is 464 g/mol. The van der Waals surface area contributed by atoms with E-state index >= 15 is 0 Å². The van der Waals surface area contributed by atoms with Crippen molar-refractivity contribution in [2.24, 2.45) is 0 Å². The van der Waals surface area contributed by atoms with Crippen molar-refractivity contribution in [3.8, 4) is 0 Å². The molecular formula is C27H31F2N5O2. The minimum Gasteiger partial charge on any atom is -0.377 e. The fraction of sp³-hybridized carbons (Fsp3) is 0.519. The van der Waals surface area contributed by atoms with Crippen molar-refractivity contribution in [1.29, 1.82) is 0 Å². The predicted molar refractivity (Wildman–Crippen MR) is 133 cm³/mol. The minimum absolute atomic E-state index is 0.136. The molecule has 0 radical (unpaired) electrons. The summed E-state index contributed by atoms with van der Waals surface area (Å²) in [6, 6.07) is 8.97. The van der Waals surface area contributed by atoms with Crippen LogP contribution in [-0.4, -0.2) is 46.6 Å². The smallest absolute Gasteiger partial charge is 0.377 e. The summed E-state index contributed by atoms with van der Waals surface area (Å²) in [4.78, 5) is 7.38. The summed E-state index contributed by atoms with van der Waals surface area (Å²) in [5.41, 5.74) is 4.18. The van der Waals surface area contributed by atoms with Gasteiger partial charge in [-0.05, 0) is 64.2 Å². The molecule has 1 aromatic carbocycles. The molecule has 1 saturated carbocycles. The molecule has 190 valence electrons. The Labute approximate surface area is 209 Å². The molecule has 1 aliphatic carbocycles. The number of rotatable bonds is 7. The number of alkyl halides is 2. The largest absolute Gasteiger partial charge is 0.383 e. The Hall–Kier alpha value is -2.91. The topological polar surface area (TPSA) is 72.4 Å². The zero-order valence-electron chi connectivity index (χ0n) is 20.8. The maximum atomic E-state index is 14.6. The molecule has 3 fully saturated rings. The fourth-order valence-electron chi connectivity index (χ4n) is 5.41. The molecule has 1 N–H and O–H groups in total. The van der Waals surface area contributed by atoms with Crippen LogP contribution in [0.5, 0.6) is 0 Å². The van der Waals surface area contributed by atoms with E-state index in [-0.39, 0.29) is 17.7 Å². The number of nitrogens with zero attached hydrogens (tertiary/aromatic N) is 4. The van der Waals surface area contributed by atoms with Crippen LogP contribution in [-0.2, 0) is 15.6 Å². The van der Waals surface area contributed by atoms with Gasteiger partial charge < -0.3 is 19.7 Å². The number of benzene rings is 1. The van der Waals surface area contributed by atoms with Crippen molar-refractivity contribution >= 4 is 22.4 Å². The van der Waals surface area contributed by atoms with E-state index in [0.29, 0.717) is 36.3 Å². The third kappa shape index (κ3) is 4.28. The van der Waals surface area contributed by atoms with Crippen LogP contribution in [0.15, 0.2) is 30.3 Å². The van der Waals surface area contributed by atoms with E-state index in [2.05, 4.69) is 26.5 Å². The van der Waals surface area contributed by atoms with Crippen LogP contribution in [0.4, 0.5) is 20.3 Å². The van der Waals surface area contributed by atoms with Gasteiger partial charge in [0.2, 0.25) is 0 Å². The number of nitrogens with one attached hydrogen (secondary N) is 1. The first-order valence-electron chi connectivity index (χ1n) is 12.7. The number of fused-ring (bicyclic) bond motifs is 3. The zero-order valence-corrected chi connectivity index (χ0v) is 20.8. The normalized spacial score (nSPS) is 22.8. The number of morpholine rings is 1. The predicted octanol–water partition coefficient (Wildman–Crippen LogP) is 5.41. The zero-order chi connectivity index (χ0) is 25.0. The van der Waals surface area contributed by atoms with Gasteiger partial charge in [-0.1, -0.05) is 18.2 Å². The van der Waals surface area contributed by atoms with Crippen LogP contribution >= 0.6 is 0 Å². The van der Waals surface area contributed by atoms with E-state index in [1.54, 1.807) is 6.07 Å². The van der Waals surface area contributed by atoms with Crippen molar-refractivity contribution in [1.82, 2.24) is 15.2 Å². The van der Waals surface area contributed by atoms with Crippen LogP contribution in [0.3, 0.4) is 0 Å². The maximum absolute atomic E-state index is 14.6. The van der Waals surface area contributed by atoms with Crippen molar-refractivity contribution in [2.45, 2.75) is 76.8 Å². The Bertz CT molecular complexity index is 1280. The van der Waals surface area contributed by atoms with Gasteiger partial charge in [-0.15, -0.1) is 5.10 Å². The number of anilines is 2. The summed E-state index contributed by atoms with van der Waals surface area (Å²) in [5, 5.41) is 13.1. The summed E-state index contributed by atoms with van der Waals surface area (Å²) < 4.78 is 40.0. The number of ether oxygens (including phenoxy) is 2. The molecule has 3 aliphatic rings. The summed E-state index contributed by atoms with van der Waals surface area (Å²) in [6.45, 7) is 7.33. The van der Waals surface area contributed by atoms with Gasteiger partial charge >= 0.3 is 6.11 Å². The van der Waals surface area contributed by atoms with Gasteiger partial charge in [0, 0.05) is 5.39 Å². The van der Waals surface area contributed by atoms with Crippen LogP contribution in [0.2, 0.25) is 0 Å². The molecule has 3 atom stereocenters. The summed E-state index contributed by atoms with van der Waals surface area (Å²) in [5.74, 6) is 0.587. The lowest BCUT2D eigenvalue weighted by molar-refractivity contribution is -0.255. The molecule has 3 aromatic rings.